The zero-order valence-electron chi connectivity index (χ0n) is 9.48. The van der Waals surface area contributed by atoms with Crippen LogP contribution in [0.5, 0.6) is 0 Å². The molecule has 0 bridgehead atoms. The first-order valence-electron chi connectivity index (χ1n) is 5.60. The van der Waals surface area contributed by atoms with Gasteiger partial charge in [0.2, 0.25) is 10.0 Å². The second-order valence-corrected chi connectivity index (χ2v) is 5.82. The van der Waals surface area contributed by atoms with E-state index in [1.54, 1.807) is 0 Å². The first-order valence-corrected chi connectivity index (χ1v) is 7.09. The number of nitrogens with two attached hydrogens (primary N) is 1. The van der Waals surface area contributed by atoms with Crippen LogP contribution in [0.25, 0.3) is 0 Å². The molecule has 96 valence electrons. The summed E-state index contributed by atoms with van der Waals surface area (Å²) in [5.41, 5.74) is 6.11. The molecular formula is C10H17N3O3S. The SMILES string of the molecule is NCc1cc(S(=O)(=O)NCC2CCCO2)c[nH]1. The zero-order chi connectivity index (χ0) is 12.3. The summed E-state index contributed by atoms with van der Waals surface area (Å²) in [6.45, 7) is 1.33. The van der Waals surface area contributed by atoms with Crippen LogP contribution in [0.4, 0.5) is 0 Å². The van der Waals surface area contributed by atoms with Crippen LogP contribution in [-0.4, -0.2) is 32.7 Å². The Kier molecular flexibility index (Phi) is 3.82. The molecule has 17 heavy (non-hydrogen) atoms. The van der Waals surface area contributed by atoms with Crippen molar-refractivity contribution in [2.24, 2.45) is 5.73 Å². The molecule has 1 aromatic heterocycles. The second-order valence-electron chi connectivity index (χ2n) is 4.05. The first-order chi connectivity index (χ1) is 8.12. The minimum atomic E-state index is -3.45. The molecule has 2 rings (SSSR count). The van der Waals surface area contributed by atoms with Crippen molar-refractivity contribution in [2.45, 2.75) is 30.4 Å². The lowest BCUT2D eigenvalue weighted by molar-refractivity contribution is 0.114. The minimum absolute atomic E-state index is 0.00213. The Balaban J connectivity index is 1.97. The summed E-state index contributed by atoms with van der Waals surface area (Å²) in [5.74, 6) is 0. The van der Waals surface area contributed by atoms with Crippen LogP contribution in [0.15, 0.2) is 17.2 Å². The van der Waals surface area contributed by atoms with E-state index in [9.17, 15) is 8.42 Å². The van der Waals surface area contributed by atoms with E-state index in [1.165, 1.54) is 12.3 Å². The third-order valence-corrected chi connectivity index (χ3v) is 4.17. The number of nitrogens with one attached hydrogen (secondary N) is 2. The van der Waals surface area contributed by atoms with Crippen LogP contribution in [0.2, 0.25) is 0 Å². The molecule has 2 heterocycles. The molecule has 6 nitrogen and oxygen atoms in total. The highest BCUT2D eigenvalue weighted by Crippen LogP contribution is 2.13. The molecule has 0 saturated carbocycles. The summed E-state index contributed by atoms with van der Waals surface area (Å²) in [6.07, 6.45) is 3.34. The van der Waals surface area contributed by atoms with E-state index in [4.69, 9.17) is 10.5 Å². The van der Waals surface area contributed by atoms with Gasteiger partial charge < -0.3 is 15.5 Å². The quantitative estimate of drug-likeness (QED) is 0.689. The Morgan fingerprint density at radius 2 is 2.41 bits per heavy atom. The highest BCUT2D eigenvalue weighted by atomic mass is 32.2. The fourth-order valence-corrected chi connectivity index (χ4v) is 2.87. The van der Waals surface area contributed by atoms with E-state index in [0.29, 0.717) is 25.4 Å². The smallest absolute Gasteiger partial charge is 0.242 e. The van der Waals surface area contributed by atoms with Crippen molar-refractivity contribution in [1.82, 2.24) is 9.71 Å². The van der Waals surface area contributed by atoms with Gasteiger partial charge in [-0.2, -0.15) is 0 Å². The largest absolute Gasteiger partial charge is 0.377 e. The lowest BCUT2D eigenvalue weighted by Crippen LogP contribution is -2.31. The maximum absolute atomic E-state index is 11.9. The van der Waals surface area contributed by atoms with Crippen molar-refractivity contribution < 1.29 is 13.2 Å². The Morgan fingerprint density at radius 3 is 3.00 bits per heavy atom. The summed E-state index contributed by atoms with van der Waals surface area (Å²) >= 11 is 0. The van der Waals surface area contributed by atoms with Crippen molar-refractivity contribution >= 4 is 10.0 Å². The van der Waals surface area contributed by atoms with Crippen LogP contribution in [0.1, 0.15) is 18.5 Å². The molecule has 7 heteroatoms. The molecule has 4 N–H and O–H groups in total. The monoisotopic (exact) mass is 259 g/mol. The minimum Gasteiger partial charge on any atom is -0.377 e. The van der Waals surface area contributed by atoms with E-state index in [-0.39, 0.29) is 11.0 Å². The fraction of sp³-hybridized carbons (Fsp3) is 0.600. The van der Waals surface area contributed by atoms with Crippen molar-refractivity contribution in [3.63, 3.8) is 0 Å². The number of ether oxygens (including phenoxy) is 1. The lowest BCUT2D eigenvalue weighted by atomic mass is 10.2. The van der Waals surface area contributed by atoms with Gasteiger partial charge in [0.15, 0.2) is 0 Å². The van der Waals surface area contributed by atoms with Crippen molar-refractivity contribution in [3.8, 4) is 0 Å². The van der Waals surface area contributed by atoms with E-state index < -0.39 is 10.0 Å². The van der Waals surface area contributed by atoms with Gasteiger partial charge in [0.25, 0.3) is 0 Å². The van der Waals surface area contributed by atoms with Gasteiger partial charge in [0.1, 0.15) is 0 Å². The summed E-state index contributed by atoms with van der Waals surface area (Å²) in [7, 11) is -3.45. The molecule has 1 unspecified atom stereocenters. The van der Waals surface area contributed by atoms with Crippen LogP contribution in [0.3, 0.4) is 0 Å². The third-order valence-electron chi connectivity index (χ3n) is 2.77. The Hall–Kier alpha value is -0.890. The molecule has 1 fully saturated rings. The molecule has 0 amide bonds. The van der Waals surface area contributed by atoms with Crippen LogP contribution in [0, 0.1) is 0 Å². The molecule has 1 aliphatic rings. The molecule has 0 aromatic carbocycles. The summed E-state index contributed by atoms with van der Waals surface area (Å²) in [5, 5.41) is 0. The molecule has 1 aromatic rings. The van der Waals surface area contributed by atoms with E-state index >= 15 is 0 Å². The van der Waals surface area contributed by atoms with E-state index in [0.717, 1.165) is 12.8 Å². The van der Waals surface area contributed by atoms with Crippen LogP contribution >= 0.6 is 0 Å². The van der Waals surface area contributed by atoms with Gasteiger partial charge in [-0.05, 0) is 18.9 Å². The van der Waals surface area contributed by atoms with Gasteiger partial charge >= 0.3 is 0 Å². The Labute approximate surface area is 101 Å². The topological polar surface area (TPSA) is 97.2 Å². The highest BCUT2D eigenvalue weighted by Gasteiger charge is 2.20. The normalized spacial score (nSPS) is 20.9. The van der Waals surface area contributed by atoms with Crippen LogP contribution < -0.4 is 10.5 Å². The van der Waals surface area contributed by atoms with Gasteiger partial charge in [0, 0.05) is 31.6 Å². The van der Waals surface area contributed by atoms with Crippen LogP contribution in [-0.2, 0) is 21.3 Å². The van der Waals surface area contributed by atoms with Crippen molar-refractivity contribution in [3.05, 3.63) is 18.0 Å². The van der Waals surface area contributed by atoms with Crippen molar-refractivity contribution in [1.29, 1.82) is 0 Å². The molecule has 0 aliphatic carbocycles. The molecule has 1 atom stereocenters. The number of aromatic amines is 1. The zero-order valence-corrected chi connectivity index (χ0v) is 10.3. The number of sulfonamides is 1. The standard InChI is InChI=1S/C10H17N3O3S/c11-5-8-4-10(7-12-8)17(14,15)13-6-9-2-1-3-16-9/h4,7,9,12-13H,1-3,5-6,11H2. The average molecular weight is 259 g/mol. The van der Waals surface area contributed by atoms with Gasteiger partial charge in [-0.15, -0.1) is 0 Å². The van der Waals surface area contributed by atoms with E-state index in [2.05, 4.69) is 9.71 Å². The van der Waals surface area contributed by atoms with Gasteiger partial charge in [-0.1, -0.05) is 0 Å². The first kappa shape index (κ1) is 12.6. The highest BCUT2D eigenvalue weighted by molar-refractivity contribution is 7.89. The Bertz CT molecular complexity index is 463. The maximum Gasteiger partial charge on any atom is 0.242 e. The summed E-state index contributed by atoms with van der Waals surface area (Å²) in [6, 6.07) is 1.54. The average Bonchev–Trinajstić information content (AvgIpc) is 2.98. The fourth-order valence-electron chi connectivity index (χ4n) is 1.78. The predicted molar refractivity (Wildman–Crippen MR) is 62.8 cm³/mol. The second kappa shape index (κ2) is 5.18. The third kappa shape index (κ3) is 3.06. The molecule has 1 aliphatic heterocycles. The number of rotatable bonds is 5. The van der Waals surface area contributed by atoms with E-state index in [1.807, 2.05) is 0 Å². The molecular weight excluding hydrogens is 242 g/mol. The van der Waals surface area contributed by atoms with Gasteiger partial charge in [-0.25, -0.2) is 13.1 Å². The summed E-state index contributed by atoms with van der Waals surface area (Å²) < 4.78 is 31.7. The number of aromatic nitrogens is 1. The summed E-state index contributed by atoms with van der Waals surface area (Å²) in [4.78, 5) is 3.03. The molecule has 0 radical (unpaired) electrons. The van der Waals surface area contributed by atoms with Gasteiger partial charge in [0.05, 0.1) is 11.0 Å². The number of hydrogen-bond donors (Lipinski definition) is 3. The number of H-pyrrole nitrogens is 1. The molecule has 1 saturated heterocycles. The Morgan fingerprint density at radius 1 is 1.59 bits per heavy atom. The lowest BCUT2D eigenvalue weighted by Gasteiger charge is -2.10. The molecule has 0 spiro atoms. The predicted octanol–water partition coefficient (Wildman–Crippen LogP) is -0.0693. The maximum atomic E-state index is 11.9. The number of hydrogen-bond acceptors (Lipinski definition) is 4. The van der Waals surface area contributed by atoms with Gasteiger partial charge in [-0.3, -0.25) is 0 Å². The van der Waals surface area contributed by atoms with Crippen molar-refractivity contribution in [2.75, 3.05) is 13.2 Å².